The van der Waals surface area contributed by atoms with Gasteiger partial charge in [0.2, 0.25) is 0 Å². The number of nitrogens with zero attached hydrogens (tertiary/aromatic N) is 1. The molecule has 0 aromatic rings. The van der Waals surface area contributed by atoms with E-state index in [0.717, 1.165) is 0 Å². The molecule has 3 aliphatic rings. The number of primary amides is 1. The number of ketones is 1. The molecule has 46 heavy (non-hydrogen) atoms. The van der Waals surface area contributed by atoms with Gasteiger partial charge in [0.25, 0.3) is 0 Å². The molecule has 3 rings (SSSR count). The van der Waals surface area contributed by atoms with Gasteiger partial charge in [-0.05, 0) is 61.1 Å². The molecule has 5 N–H and O–H groups in total. The third kappa shape index (κ3) is 8.55. The average Bonchev–Trinajstić information content (AvgIpc) is 3.26. The number of hydrogen-bond acceptors (Lipinski definition) is 12. The van der Waals surface area contributed by atoms with Gasteiger partial charge in [0.1, 0.15) is 29.7 Å². The largest absolute Gasteiger partial charge is 0.458 e. The van der Waals surface area contributed by atoms with Crippen LogP contribution in [-0.4, -0.2) is 113 Å². The molecule has 0 bridgehead atoms. The summed E-state index contributed by atoms with van der Waals surface area (Å²) in [6, 6.07) is -1.19. The van der Waals surface area contributed by atoms with Gasteiger partial charge in [-0.25, -0.2) is 9.59 Å². The first-order chi connectivity index (χ1) is 20.8. The van der Waals surface area contributed by atoms with E-state index < -0.39 is 89.8 Å². The number of nitrogens with one attached hydrogen (secondary N) is 1. The van der Waals surface area contributed by atoms with Gasteiger partial charge in [-0.15, -0.1) is 0 Å². The third-order valence-corrected chi connectivity index (χ3v) is 10.0. The van der Waals surface area contributed by atoms with Crippen LogP contribution < -0.4 is 11.1 Å². The van der Waals surface area contributed by atoms with Gasteiger partial charge < -0.3 is 49.8 Å². The number of carbonyl (C=O) groups is 4. The second-order valence-corrected chi connectivity index (χ2v) is 13.8. The number of ether oxygens (including phenoxy) is 5. The van der Waals surface area contributed by atoms with E-state index in [1.165, 1.54) is 13.8 Å². The number of cyclic esters (lactones) is 1. The number of likely N-dealkylation sites (N-methyl/N-ethyl adjacent to an activating group) is 1. The Morgan fingerprint density at radius 3 is 2.22 bits per heavy atom. The molecule has 2 amide bonds. The Morgan fingerprint density at radius 1 is 1.07 bits per heavy atom. The second kappa shape index (κ2) is 16.1. The monoisotopic (exact) mass is 870 g/mol. The number of nitrogens with two attached hydrogens (primary N) is 1. The topological polar surface area (TPSA) is 196 Å². The van der Waals surface area contributed by atoms with Crippen molar-refractivity contribution in [1.82, 2.24) is 10.2 Å². The fraction of sp³-hybridized carbons (Fsp3) is 0.871. The van der Waals surface area contributed by atoms with E-state index in [-0.39, 0.29) is 74.8 Å². The van der Waals surface area contributed by atoms with Gasteiger partial charge in [0, 0.05) is 67.9 Å². The molecular formula is C31H53AcN3O11. The first-order valence-electron chi connectivity index (χ1n) is 15.8. The van der Waals surface area contributed by atoms with Gasteiger partial charge in [-0.2, -0.15) is 0 Å². The molecule has 14 nitrogen and oxygen atoms in total. The van der Waals surface area contributed by atoms with Crippen molar-refractivity contribution in [1.29, 1.82) is 0 Å². The van der Waals surface area contributed by atoms with Crippen molar-refractivity contribution in [3.8, 4) is 0 Å². The number of carbonyl (C=O) groups excluding carboxylic acids is 4. The van der Waals surface area contributed by atoms with E-state index in [2.05, 4.69) is 5.32 Å². The van der Waals surface area contributed by atoms with Crippen LogP contribution in [0.25, 0.3) is 0 Å². The Labute approximate surface area is 307 Å². The summed E-state index contributed by atoms with van der Waals surface area (Å²) in [4.78, 5) is 54.3. The number of esters is 1. The summed E-state index contributed by atoms with van der Waals surface area (Å²) in [5, 5.41) is 25.6. The van der Waals surface area contributed by atoms with E-state index in [9.17, 15) is 29.4 Å². The summed E-state index contributed by atoms with van der Waals surface area (Å²) in [5.74, 6) is -4.70. The maximum absolute atomic E-state index is 14.0. The third-order valence-electron chi connectivity index (χ3n) is 10.0. The van der Waals surface area contributed by atoms with Crippen LogP contribution in [0.1, 0.15) is 74.7 Å². The van der Waals surface area contributed by atoms with Crippen molar-refractivity contribution in [3.63, 3.8) is 0 Å². The minimum Gasteiger partial charge on any atom is -0.458 e. The molecule has 15 heteroatoms. The fourth-order valence-corrected chi connectivity index (χ4v) is 7.47. The van der Waals surface area contributed by atoms with Crippen LogP contribution in [0, 0.1) is 67.7 Å². The summed E-state index contributed by atoms with van der Waals surface area (Å²) >= 11 is 0. The van der Waals surface area contributed by atoms with Crippen LogP contribution in [0.5, 0.6) is 0 Å². The molecule has 0 saturated carbocycles. The van der Waals surface area contributed by atoms with Crippen molar-refractivity contribution >= 4 is 23.9 Å². The Balaban J connectivity index is 0.00000736. The van der Waals surface area contributed by atoms with E-state index in [1.807, 2.05) is 25.9 Å². The number of hydrogen-bond donors (Lipinski definition) is 4. The minimum absolute atomic E-state index is 0. The molecule has 261 valence electrons. The van der Waals surface area contributed by atoms with Crippen LogP contribution in [-0.2, 0) is 33.3 Å². The molecular weight excluding hydrogens is 817 g/mol. The molecule has 0 aliphatic carbocycles. The van der Waals surface area contributed by atoms with Crippen molar-refractivity contribution in [2.45, 2.75) is 135 Å². The molecule has 3 saturated heterocycles. The minimum atomic E-state index is -1.66. The number of amides is 2. The van der Waals surface area contributed by atoms with Gasteiger partial charge in [0.05, 0.1) is 24.2 Å². The van der Waals surface area contributed by atoms with E-state index in [0.29, 0.717) is 6.42 Å². The molecule has 3 heterocycles. The number of aliphatic hydroxyl groups is 2. The average molecular weight is 871 g/mol. The molecule has 1 radical (unpaired) electrons. The Hall–Kier alpha value is -1.08. The predicted molar refractivity (Wildman–Crippen MR) is 161 cm³/mol. The van der Waals surface area contributed by atoms with E-state index >= 15 is 0 Å². The quantitative estimate of drug-likeness (QED) is 0.231. The molecule has 3 fully saturated rings. The van der Waals surface area contributed by atoms with Crippen LogP contribution in [0.15, 0.2) is 0 Å². The molecule has 0 aromatic carbocycles. The van der Waals surface area contributed by atoms with Crippen LogP contribution >= 0.6 is 0 Å². The number of alkyl carbamates (subject to hydrolysis) is 1. The predicted octanol–water partition coefficient (Wildman–Crippen LogP) is 1.72. The van der Waals surface area contributed by atoms with Crippen LogP contribution in [0.4, 0.5) is 9.59 Å². The molecule has 0 unspecified atom stereocenters. The van der Waals surface area contributed by atoms with Gasteiger partial charge in [0.15, 0.2) is 11.9 Å². The number of aliphatic hydroxyl groups excluding tert-OH is 2. The van der Waals surface area contributed by atoms with Crippen molar-refractivity contribution in [3.05, 3.63) is 0 Å². The molecule has 0 aromatic heterocycles. The van der Waals surface area contributed by atoms with E-state index in [4.69, 9.17) is 29.4 Å². The summed E-state index contributed by atoms with van der Waals surface area (Å²) in [6.07, 6.45) is -7.43. The summed E-state index contributed by atoms with van der Waals surface area (Å²) < 4.78 is 29.7. The molecule has 3 aliphatic heterocycles. The van der Waals surface area contributed by atoms with Gasteiger partial charge in [-0.3, -0.25) is 9.59 Å². The Kier molecular flexibility index (Phi) is 14.4. The SMILES string of the molecule is CC[C@H]1OC(=O)[C@H](C)[C@@H](O)[C@H](C)[C@@H](O[C@@H]2O[C@H](C)C[C@H](N(C)C)[C@H]2O)[C@](C)(OC(N)=O)C[C@@H](C)C(=O)[C@H](C)[C@H]2NC(=O)O[C@@]21C.[Ac]. The number of rotatable bonds is 5. The smallest absolute Gasteiger partial charge is 0.408 e. The number of Topliss-reactive ketones (excluding diaryl/α,β-unsaturated/α-hetero) is 1. The fourth-order valence-electron chi connectivity index (χ4n) is 7.47. The Morgan fingerprint density at radius 2 is 1.67 bits per heavy atom. The number of fused-ring (bicyclic) bond motifs is 1. The second-order valence-electron chi connectivity index (χ2n) is 13.8. The van der Waals surface area contributed by atoms with Crippen molar-refractivity contribution < 1.29 is 97.1 Å². The zero-order valence-electron chi connectivity index (χ0n) is 28.7. The molecule has 0 spiro atoms. The summed E-state index contributed by atoms with van der Waals surface area (Å²) in [6.45, 7) is 13.2. The van der Waals surface area contributed by atoms with Crippen molar-refractivity contribution in [2.75, 3.05) is 14.1 Å². The first-order valence-corrected chi connectivity index (χ1v) is 15.8. The maximum Gasteiger partial charge on any atom is 0.408 e. The summed E-state index contributed by atoms with van der Waals surface area (Å²) in [7, 11) is 3.65. The maximum atomic E-state index is 14.0. The normalized spacial score (nSPS) is 44.2. The van der Waals surface area contributed by atoms with Crippen molar-refractivity contribution in [2.24, 2.45) is 29.4 Å². The van der Waals surface area contributed by atoms with Gasteiger partial charge >= 0.3 is 18.2 Å². The van der Waals surface area contributed by atoms with Crippen LogP contribution in [0.2, 0.25) is 0 Å². The van der Waals surface area contributed by atoms with Gasteiger partial charge in [-0.1, -0.05) is 27.7 Å². The standard InChI is InChI=1S/C31H53N3O11.Ac/c1-11-20-31(8)24(33-29(40)45-31)16(4)21(35)14(2)13-30(7,44-28(32)39)25(17(5)22(36)18(6)26(38)42-20)43-27-23(37)19(34(9)10)12-15(3)41-27;/h14-20,22-25,27,36-37H,11-13H2,1-10H3,(H2,32,39)(H,33,40);/t14-,15-,16+,17+,18-,19+,20-,22+,23-,24-,25-,27+,30-,31-;/m1./s1. The van der Waals surface area contributed by atoms with E-state index in [1.54, 1.807) is 34.6 Å². The first kappa shape index (κ1) is 41.1. The Bertz CT molecular complexity index is 1110. The van der Waals surface area contributed by atoms with Crippen LogP contribution in [0.3, 0.4) is 0 Å². The zero-order valence-corrected chi connectivity index (χ0v) is 33.5. The molecule has 14 atom stereocenters. The summed E-state index contributed by atoms with van der Waals surface area (Å²) in [5.41, 5.74) is 2.52. The zero-order chi connectivity index (χ0) is 34.2.